The fourth-order valence-electron chi connectivity index (χ4n) is 3.79. The topological polar surface area (TPSA) is 92.6 Å². The molecule has 0 aromatic heterocycles. The number of carbonyl (C=O) groups is 2. The zero-order chi connectivity index (χ0) is 22.2. The lowest BCUT2D eigenvalue weighted by Crippen LogP contribution is -2.45. The quantitative estimate of drug-likeness (QED) is 0.384. The maximum Gasteiger partial charge on any atom is 0.325 e. The Hall–Kier alpha value is -4.00. The van der Waals surface area contributed by atoms with Crippen molar-refractivity contribution in [2.45, 2.75) is 25.9 Å². The van der Waals surface area contributed by atoms with E-state index in [2.05, 4.69) is 5.32 Å². The van der Waals surface area contributed by atoms with Gasteiger partial charge in [-0.3, -0.25) is 19.8 Å². The molecule has 1 heterocycles. The Kier molecular flexibility index (Phi) is 5.02. The van der Waals surface area contributed by atoms with Gasteiger partial charge in [0.25, 0.3) is 11.6 Å². The first-order valence-corrected chi connectivity index (χ1v) is 9.83. The Morgan fingerprint density at radius 2 is 1.32 bits per heavy atom. The van der Waals surface area contributed by atoms with Crippen molar-refractivity contribution in [2.75, 3.05) is 0 Å². The summed E-state index contributed by atoms with van der Waals surface area (Å²) in [5, 5.41) is 13.8. The number of aryl methyl sites for hydroxylation is 2. The first-order chi connectivity index (χ1) is 14.8. The lowest BCUT2D eigenvalue weighted by Gasteiger charge is -2.28. The van der Waals surface area contributed by atoms with Crippen LogP contribution < -0.4 is 5.32 Å². The van der Waals surface area contributed by atoms with Crippen LogP contribution in [0.25, 0.3) is 0 Å². The average Bonchev–Trinajstić information content (AvgIpc) is 3.01. The molecule has 1 fully saturated rings. The molecule has 7 heteroatoms. The fourth-order valence-corrected chi connectivity index (χ4v) is 3.79. The van der Waals surface area contributed by atoms with E-state index in [0.717, 1.165) is 16.0 Å². The van der Waals surface area contributed by atoms with E-state index in [1.54, 1.807) is 12.1 Å². The standard InChI is InChI=1S/C24H21N3O4/c1-16-3-9-19(10-4-16)24(20-11-5-17(2)6-12-20)22(28)26(23(29)25-24)15-18-7-13-21(14-8-18)27(30)31/h3-14H,15H2,1-2H3,(H,25,29). The number of imide groups is 1. The van der Waals surface area contributed by atoms with Crippen molar-refractivity contribution in [3.63, 3.8) is 0 Å². The first-order valence-electron chi connectivity index (χ1n) is 9.83. The van der Waals surface area contributed by atoms with Crippen molar-refractivity contribution in [3.8, 4) is 0 Å². The number of rotatable bonds is 5. The van der Waals surface area contributed by atoms with E-state index in [1.165, 1.54) is 12.1 Å². The Balaban J connectivity index is 1.75. The third-order valence-electron chi connectivity index (χ3n) is 5.56. The molecule has 0 bridgehead atoms. The van der Waals surface area contributed by atoms with Gasteiger partial charge in [0.15, 0.2) is 5.54 Å². The number of nitro groups is 1. The molecule has 0 unspecified atom stereocenters. The molecule has 3 aromatic carbocycles. The van der Waals surface area contributed by atoms with E-state index >= 15 is 0 Å². The van der Waals surface area contributed by atoms with Crippen molar-refractivity contribution in [2.24, 2.45) is 0 Å². The van der Waals surface area contributed by atoms with Crippen LogP contribution in [0.2, 0.25) is 0 Å². The number of amides is 3. The predicted octanol–water partition coefficient (Wildman–Crippen LogP) is 4.21. The number of benzene rings is 3. The van der Waals surface area contributed by atoms with Gasteiger partial charge in [0.05, 0.1) is 11.5 Å². The van der Waals surface area contributed by atoms with Crippen LogP contribution in [0.5, 0.6) is 0 Å². The van der Waals surface area contributed by atoms with Gasteiger partial charge in [-0.25, -0.2) is 4.79 Å². The number of nitro benzene ring substituents is 1. The molecule has 31 heavy (non-hydrogen) atoms. The number of carbonyl (C=O) groups excluding carboxylic acids is 2. The van der Waals surface area contributed by atoms with Crippen LogP contribution >= 0.6 is 0 Å². The van der Waals surface area contributed by atoms with E-state index in [4.69, 9.17) is 0 Å². The van der Waals surface area contributed by atoms with Gasteiger partial charge in [-0.1, -0.05) is 71.8 Å². The summed E-state index contributed by atoms with van der Waals surface area (Å²) in [5.74, 6) is -0.386. The summed E-state index contributed by atoms with van der Waals surface area (Å²) in [6, 6.07) is 20.3. The summed E-state index contributed by atoms with van der Waals surface area (Å²) < 4.78 is 0. The summed E-state index contributed by atoms with van der Waals surface area (Å²) in [4.78, 5) is 38.2. The molecule has 7 nitrogen and oxygen atoms in total. The van der Waals surface area contributed by atoms with Crippen molar-refractivity contribution in [1.82, 2.24) is 10.2 Å². The molecule has 1 aliphatic heterocycles. The van der Waals surface area contributed by atoms with Crippen molar-refractivity contribution in [1.29, 1.82) is 0 Å². The highest BCUT2D eigenvalue weighted by atomic mass is 16.6. The van der Waals surface area contributed by atoms with E-state index in [9.17, 15) is 19.7 Å². The fraction of sp³-hybridized carbons (Fsp3) is 0.167. The SMILES string of the molecule is Cc1ccc(C2(c3ccc(C)cc3)NC(=O)N(Cc3ccc([N+](=O)[O-])cc3)C2=O)cc1. The van der Waals surface area contributed by atoms with Crippen LogP contribution in [-0.4, -0.2) is 21.8 Å². The van der Waals surface area contributed by atoms with Gasteiger partial charge >= 0.3 is 6.03 Å². The summed E-state index contributed by atoms with van der Waals surface area (Å²) >= 11 is 0. The molecular weight excluding hydrogens is 394 g/mol. The maximum atomic E-state index is 13.7. The second-order valence-corrected chi connectivity index (χ2v) is 7.73. The predicted molar refractivity (Wildman–Crippen MR) is 115 cm³/mol. The van der Waals surface area contributed by atoms with Gasteiger partial charge in [0.1, 0.15) is 0 Å². The molecule has 3 amide bonds. The van der Waals surface area contributed by atoms with E-state index < -0.39 is 16.5 Å². The summed E-state index contributed by atoms with van der Waals surface area (Å²) in [5.41, 5.74) is 2.68. The highest BCUT2D eigenvalue weighted by molar-refractivity contribution is 6.09. The first kappa shape index (κ1) is 20.3. The second kappa shape index (κ2) is 7.68. The van der Waals surface area contributed by atoms with Crippen LogP contribution in [-0.2, 0) is 16.9 Å². The molecule has 4 rings (SSSR count). The largest absolute Gasteiger partial charge is 0.325 e. The van der Waals surface area contributed by atoms with Gasteiger partial charge in [0, 0.05) is 12.1 Å². The van der Waals surface area contributed by atoms with Crippen molar-refractivity contribution >= 4 is 17.6 Å². The third kappa shape index (κ3) is 3.54. The monoisotopic (exact) mass is 415 g/mol. The van der Waals surface area contributed by atoms with E-state index in [0.29, 0.717) is 16.7 Å². The number of hydrogen-bond donors (Lipinski definition) is 1. The summed E-state index contributed by atoms with van der Waals surface area (Å²) in [6.45, 7) is 3.93. The van der Waals surface area contributed by atoms with Gasteiger partial charge in [-0.15, -0.1) is 0 Å². The lowest BCUT2D eigenvalue weighted by atomic mass is 9.82. The molecule has 0 spiro atoms. The Bertz CT molecular complexity index is 1110. The second-order valence-electron chi connectivity index (χ2n) is 7.73. The number of nitrogens with zero attached hydrogens (tertiary/aromatic N) is 2. The number of nitrogens with one attached hydrogen (secondary N) is 1. The molecule has 0 aliphatic carbocycles. The zero-order valence-corrected chi connectivity index (χ0v) is 17.2. The minimum absolute atomic E-state index is 0.0160. The van der Waals surface area contributed by atoms with Gasteiger partial charge in [-0.2, -0.15) is 0 Å². The normalized spacial score (nSPS) is 15.1. The van der Waals surface area contributed by atoms with Crippen molar-refractivity contribution in [3.05, 3.63) is 111 Å². The number of urea groups is 1. The summed E-state index contributed by atoms with van der Waals surface area (Å²) in [6.07, 6.45) is 0. The molecule has 0 saturated carbocycles. The molecule has 1 saturated heterocycles. The Morgan fingerprint density at radius 1 is 0.839 bits per heavy atom. The zero-order valence-electron chi connectivity index (χ0n) is 17.2. The maximum absolute atomic E-state index is 13.7. The summed E-state index contributed by atoms with van der Waals surface area (Å²) in [7, 11) is 0. The van der Waals surface area contributed by atoms with E-state index in [1.807, 2.05) is 62.4 Å². The van der Waals surface area contributed by atoms with Crippen LogP contribution in [0.3, 0.4) is 0 Å². The number of non-ortho nitro benzene ring substituents is 1. The molecule has 3 aromatic rings. The van der Waals surface area contributed by atoms with Gasteiger partial charge in [-0.05, 0) is 30.5 Å². The molecule has 0 atom stereocenters. The highest BCUT2D eigenvalue weighted by Gasteiger charge is 2.53. The third-order valence-corrected chi connectivity index (χ3v) is 5.56. The van der Waals surface area contributed by atoms with Crippen LogP contribution in [0.15, 0.2) is 72.8 Å². The highest BCUT2D eigenvalue weighted by Crippen LogP contribution is 2.37. The molecule has 1 N–H and O–H groups in total. The average molecular weight is 415 g/mol. The number of hydrogen-bond acceptors (Lipinski definition) is 4. The van der Waals surface area contributed by atoms with Crippen LogP contribution in [0.1, 0.15) is 27.8 Å². The molecule has 156 valence electrons. The van der Waals surface area contributed by atoms with Crippen LogP contribution in [0.4, 0.5) is 10.5 Å². The van der Waals surface area contributed by atoms with E-state index in [-0.39, 0.29) is 18.1 Å². The Labute approximate surface area is 179 Å². The van der Waals surface area contributed by atoms with Gasteiger partial charge < -0.3 is 5.32 Å². The Morgan fingerprint density at radius 3 is 1.77 bits per heavy atom. The van der Waals surface area contributed by atoms with Crippen molar-refractivity contribution < 1.29 is 14.5 Å². The molecule has 0 radical (unpaired) electrons. The minimum Gasteiger partial charge on any atom is -0.315 e. The molecular formula is C24H21N3O4. The lowest BCUT2D eigenvalue weighted by molar-refractivity contribution is -0.384. The smallest absolute Gasteiger partial charge is 0.315 e. The minimum atomic E-state index is -1.33. The van der Waals surface area contributed by atoms with Crippen LogP contribution in [0, 0.1) is 24.0 Å². The molecule has 1 aliphatic rings. The van der Waals surface area contributed by atoms with Gasteiger partial charge in [0.2, 0.25) is 0 Å².